The molecule has 2 unspecified atom stereocenters. The number of likely N-dealkylation sites (N-methyl/N-ethyl adjacent to an activating group) is 2. The molecule has 0 amide bonds. The van der Waals surface area contributed by atoms with Gasteiger partial charge in [-0.05, 0) is 124 Å². The second kappa shape index (κ2) is 13.6. The Morgan fingerprint density at radius 3 is 2.02 bits per heavy atom. The van der Waals surface area contributed by atoms with Gasteiger partial charge in [0.25, 0.3) is 0 Å². The Balaban J connectivity index is 1.37. The number of quaternary nitrogens is 1. The van der Waals surface area contributed by atoms with Crippen molar-refractivity contribution in [3.63, 3.8) is 0 Å². The van der Waals surface area contributed by atoms with E-state index in [4.69, 9.17) is 23.2 Å². The lowest BCUT2D eigenvalue weighted by atomic mass is 9.80. The Morgan fingerprint density at radius 2 is 1.40 bits per heavy atom. The summed E-state index contributed by atoms with van der Waals surface area (Å²) in [6.45, 7) is 15.8. The van der Waals surface area contributed by atoms with Crippen molar-refractivity contribution in [2.75, 3.05) is 22.9 Å². The van der Waals surface area contributed by atoms with Crippen LogP contribution in [0.5, 0.6) is 0 Å². The van der Waals surface area contributed by atoms with Gasteiger partial charge in [0.15, 0.2) is 0 Å². The molecule has 7 rings (SSSR count). The maximum absolute atomic E-state index is 6.54. The molecule has 4 aromatic carbocycles. The summed E-state index contributed by atoms with van der Waals surface area (Å²) in [6, 6.07) is 34.7. The maximum atomic E-state index is 6.54. The molecule has 1 aliphatic carbocycles. The molecule has 50 heavy (non-hydrogen) atoms. The molecule has 2 atom stereocenters. The van der Waals surface area contributed by atoms with E-state index in [1.807, 2.05) is 12.1 Å². The first-order chi connectivity index (χ1) is 24.1. The molecule has 0 radical (unpaired) electrons. The van der Waals surface area contributed by atoms with E-state index in [2.05, 4.69) is 161 Å². The largest absolute Gasteiger partial charge is 0.344 e. The Hall–Kier alpha value is -4.02. The molecule has 0 aromatic heterocycles. The third-order valence-electron chi connectivity index (χ3n) is 11.2. The first-order valence-corrected chi connectivity index (χ1v) is 18.8. The van der Waals surface area contributed by atoms with Crippen molar-refractivity contribution in [1.29, 1.82) is 0 Å². The number of fused-ring (bicyclic) bond motifs is 2. The molecular weight excluding hydrogens is 653 g/mol. The Bertz CT molecular complexity index is 1980. The summed E-state index contributed by atoms with van der Waals surface area (Å²) in [4.78, 5) is 6.40. The smallest absolute Gasteiger partial charge is 0.135 e. The van der Waals surface area contributed by atoms with Crippen LogP contribution in [0.2, 0.25) is 10.0 Å². The number of benzene rings is 4. The Morgan fingerprint density at radius 1 is 0.780 bits per heavy atom. The number of nitrogens with zero attached hydrogens (tertiary/aromatic N) is 2. The molecule has 0 fully saturated rings. The standard InChI is InChI=1S/C45H47Cl2N3/c1-7-48-39-25-23-33(46)29-37(39)44(3,4)41(48)27-21-31-19-20-32(43(31)50(35-15-11-9-12-16-35)36-17-13-10-14-18-36)22-28-42-45(5,6)38-30-34(47)24-26-40(38)49(42)8-2/h9-18,21-30,41H,7-8,19-20H2,1-6H3/p+1/b27-21+,32-22+,42-28+. The summed E-state index contributed by atoms with van der Waals surface area (Å²) >= 11 is 13.1. The highest BCUT2D eigenvalue weighted by Crippen LogP contribution is 2.49. The fraction of sp³-hybridized carbons (Fsp3) is 0.289. The highest BCUT2D eigenvalue weighted by molar-refractivity contribution is 6.31. The van der Waals surface area contributed by atoms with Crippen LogP contribution in [0.3, 0.4) is 0 Å². The van der Waals surface area contributed by atoms with Gasteiger partial charge in [-0.25, -0.2) is 0 Å². The van der Waals surface area contributed by atoms with Crippen LogP contribution in [-0.2, 0) is 10.8 Å². The number of hydrogen-bond acceptors (Lipinski definition) is 2. The van der Waals surface area contributed by atoms with Crippen LogP contribution < -0.4 is 14.7 Å². The number of anilines is 3. The van der Waals surface area contributed by atoms with Gasteiger partial charge < -0.3 is 9.80 Å². The lowest BCUT2D eigenvalue weighted by Crippen LogP contribution is -3.10. The molecule has 1 N–H and O–H groups in total. The second-order valence-corrected chi connectivity index (χ2v) is 15.7. The lowest BCUT2D eigenvalue weighted by molar-refractivity contribution is -0.848. The van der Waals surface area contributed by atoms with Gasteiger partial charge in [0.2, 0.25) is 0 Å². The maximum Gasteiger partial charge on any atom is 0.135 e. The average molecular weight is 702 g/mol. The van der Waals surface area contributed by atoms with E-state index in [-0.39, 0.29) is 16.9 Å². The van der Waals surface area contributed by atoms with Gasteiger partial charge in [-0.3, -0.25) is 4.90 Å². The zero-order valence-corrected chi connectivity index (χ0v) is 31.6. The van der Waals surface area contributed by atoms with Gasteiger partial charge in [-0.2, -0.15) is 0 Å². The monoisotopic (exact) mass is 700 g/mol. The number of hydrogen-bond donors (Lipinski definition) is 1. The van der Waals surface area contributed by atoms with Gasteiger partial charge in [-0.1, -0.05) is 85.6 Å². The number of rotatable bonds is 8. The molecule has 3 nitrogen and oxygen atoms in total. The molecule has 3 aliphatic rings. The summed E-state index contributed by atoms with van der Waals surface area (Å²) in [6.07, 6.45) is 11.6. The van der Waals surface area contributed by atoms with Gasteiger partial charge in [0.05, 0.1) is 17.7 Å². The first kappa shape index (κ1) is 34.4. The van der Waals surface area contributed by atoms with Gasteiger partial charge in [-0.15, -0.1) is 0 Å². The number of halogens is 2. The van der Waals surface area contributed by atoms with Crippen molar-refractivity contribution < 1.29 is 4.90 Å². The van der Waals surface area contributed by atoms with Crippen molar-refractivity contribution in [3.8, 4) is 0 Å². The molecule has 2 aliphatic heterocycles. The normalized spacial score (nSPS) is 22.2. The van der Waals surface area contributed by atoms with Crippen molar-refractivity contribution in [2.24, 2.45) is 0 Å². The number of para-hydroxylation sites is 2. The predicted molar refractivity (Wildman–Crippen MR) is 214 cm³/mol. The molecule has 0 saturated heterocycles. The molecule has 2 heterocycles. The van der Waals surface area contributed by atoms with Crippen LogP contribution in [-0.4, -0.2) is 19.1 Å². The van der Waals surface area contributed by atoms with E-state index >= 15 is 0 Å². The lowest BCUT2D eigenvalue weighted by Gasteiger charge is -2.29. The second-order valence-electron chi connectivity index (χ2n) is 14.8. The topological polar surface area (TPSA) is 10.9 Å². The number of allylic oxidation sites excluding steroid dienone is 6. The van der Waals surface area contributed by atoms with Crippen LogP contribution in [0.4, 0.5) is 22.7 Å². The van der Waals surface area contributed by atoms with E-state index in [1.165, 1.54) is 49.9 Å². The Labute approximate surface area is 308 Å². The van der Waals surface area contributed by atoms with Crippen LogP contribution in [0.15, 0.2) is 144 Å². The zero-order valence-electron chi connectivity index (χ0n) is 30.1. The zero-order chi connectivity index (χ0) is 35.2. The van der Waals surface area contributed by atoms with E-state index in [0.717, 1.165) is 47.4 Å². The first-order valence-electron chi connectivity index (χ1n) is 18.0. The summed E-state index contributed by atoms with van der Waals surface area (Å²) in [5.74, 6) is 0. The minimum Gasteiger partial charge on any atom is -0.344 e. The van der Waals surface area contributed by atoms with Crippen LogP contribution >= 0.6 is 23.2 Å². The number of nitrogens with one attached hydrogen (secondary N) is 1. The quantitative estimate of drug-likeness (QED) is 0.196. The minimum atomic E-state index is -0.171. The summed E-state index contributed by atoms with van der Waals surface area (Å²) in [7, 11) is 0. The van der Waals surface area contributed by atoms with Gasteiger partial charge in [0, 0.05) is 56.4 Å². The highest BCUT2D eigenvalue weighted by Gasteiger charge is 2.47. The third kappa shape index (κ3) is 5.94. The molecular formula is C45H48Cl2N3+. The molecule has 0 spiro atoms. The van der Waals surface area contributed by atoms with E-state index in [1.54, 1.807) is 0 Å². The summed E-state index contributed by atoms with van der Waals surface area (Å²) < 4.78 is 0. The Kier molecular flexibility index (Phi) is 9.37. The minimum absolute atomic E-state index is 0.0569. The van der Waals surface area contributed by atoms with Gasteiger partial charge >= 0.3 is 0 Å². The molecule has 5 heteroatoms. The van der Waals surface area contributed by atoms with E-state index in [9.17, 15) is 0 Å². The third-order valence-corrected chi connectivity index (χ3v) is 11.7. The summed E-state index contributed by atoms with van der Waals surface area (Å²) in [5.41, 5.74) is 12.6. The SMILES string of the molecule is CCN1/C(=C/C=C2\CCC(/C=C/C3[NH+](CC)c4ccc(Cl)cc4C3(C)C)=C2N(c2ccccc2)c2ccccc2)C(C)(C)c2cc(Cl)ccc21. The van der Waals surface area contributed by atoms with Crippen LogP contribution in [0.1, 0.15) is 65.5 Å². The predicted octanol–water partition coefficient (Wildman–Crippen LogP) is 11.3. The van der Waals surface area contributed by atoms with Gasteiger partial charge in [0.1, 0.15) is 11.7 Å². The van der Waals surface area contributed by atoms with E-state index < -0.39 is 0 Å². The summed E-state index contributed by atoms with van der Waals surface area (Å²) in [5, 5.41) is 1.59. The highest BCUT2D eigenvalue weighted by atomic mass is 35.5. The van der Waals surface area contributed by atoms with Crippen molar-refractivity contribution in [3.05, 3.63) is 165 Å². The molecule has 4 aromatic rings. The fourth-order valence-corrected chi connectivity index (χ4v) is 8.98. The van der Waals surface area contributed by atoms with Crippen molar-refractivity contribution in [2.45, 2.75) is 71.3 Å². The van der Waals surface area contributed by atoms with Crippen LogP contribution in [0.25, 0.3) is 0 Å². The molecule has 256 valence electrons. The molecule has 0 saturated carbocycles. The average Bonchev–Trinajstić information content (AvgIpc) is 3.68. The van der Waals surface area contributed by atoms with E-state index in [0.29, 0.717) is 0 Å². The fourth-order valence-electron chi connectivity index (χ4n) is 8.63. The molecule has 0 bridgehead atoms. The van der Waals surface area contributed by atoms with Crippen molar-refractivity contribution >= 4 is 46.0 Å². The van der Waals surface area contributed by atoms with Crippen molar-refractivity contribution in [1.82, 2.24) is 0 Å². The van der Waals surface area contributed by atoms with Crippen LogP contribution in [0, 0.1) is 0 Å².